The molecule has 1 aromatic carbocycles. The second-order valence-electron chi connectivity index (χ2n) is 3.47. The number of rotatable bonds is 5. The molecule has 1 aromatic rings. The number of hydrogen-bond donors (Lipinski definition) is 3. The van der Waals surface area contributed by atoms with Crippen molar-refractivity contribution in [2.24, 2.45) is 5.11 Å². The molecule has 3 N–H and O–H groups in total. The van der Waals surface area contributed by atoms with E-state index in [1.807, 2.05) is 0 Å². The summed E-state index contributed by atoms with van der Waals surface area (Å²) in [7, 11) is 0. The van der Waals surface area contributed by atoms with Gasteiger partial charge in [-0.3, -0.25) is 0 Å². The number of halogens is 1. The van der Waals surface area contributed by atoms with Gasteiger partial charge in [0.2, 0.25) is 0 Å². The van der Waals surface area contributed by atoms with Crippen molar-refractivity contribution in [3.8, 4) is 0 Å². The lowest BCUT2D eigenvalue weighted by atomic mass is 10.0. The Labute approximate surface area is 107 Å². The minimum absolute atomic E-state index is 0.0161. The summed E-state index contributed by atoms with van der Waals surface area (Å²) in [6.07, 6.45) is -2.67. The zero-order valence-electron chi connectivity index (χ0n) is 9.06. The van der Waals surface area contributed by atoms with Gasteiger partial charge in [0.15, 0.2) is 0 Å². The number of carboxylic acid groups (broad SMARTS) is 1. The van der Waals surface area contributed by atoms with Crippen LogP contribution in [0.1, 0.15) is 22.0 Å². The topological polar surface area (TPSA) is 127 Å². The van der Waals surface area contributed by atoms with Gasteiger partial charge in [0.05, 0.1) is 18.2 Å². The van der Waals surface area contributed by atoms with Crippen molar-refractivity contribution < 1.29 is 20.1 Å². The fourth-order valence-electron chi connectivity index (χ4n) is 1.33. The highest BCUT2D eigenvalue weighted by Gasteiger charge is 2.21. The predicted octanol–water partition coefficient (Wildman–Crippen LogP) is 1.74. The largest absolute Gasteiger partial charge is 0.478 e. The van der Waals surface area contributed by atoms with Crippen LogP contribution in [0.15, 0.2) is 23.3 Å². The predicted molar refractivity (Wildman–Crippen MR) is 63.4 cm³/mol. The average Bonchev–Trinajstić information content (AvgIpc) is 2.34. The summed E-state index contributed by atoms with van der Waals surface area (Å²) in [5, 5.41) is 31.2. The third kappa shape index (κ3) is 3.35. The Morgan fingerprint density at radius 1 is 1.50 bits per heavy atom. The van der Waals surface area contributed by atoms with Gasteiger partial charge in [0.25, 0.3) is 0 Å². The first-order valence-electron chi connectivity index (χ1n) is 4.87. The summed E-state index contributed by atoms with van der Waals surface area (Å²) in [6.45, 7) is -0.311. The molecule has 0 bridgehead atoms. The third-order valence-electron chi connectivity index (χ3n) is 2.26. The number of carbonyl (C=O) groups is 1. The number of hydrogen-bond acceptors (Lipinski definition) is 4. The number of nitrogens with zero attached hydrogens (tertiary/aromatic N) is 3. The van der Waals surface area contributed by atoms with Crippen LogP contribution in [-0.4, -0.2) is 33.9 Å². The van der Waals surface area contributed by atoms with Crippen LogP contribution in [0.2, 0.25) is 5.02 Å². The lowest BCUT2D eigenvalue weighted by molar-refractivity contribution is 0.0244. The van der Waals surface area contributed by atoms with Crippen LogP contribution < -0.4 is 0 Å². The van der Waals surface area contributed by atoms with E-state index in [2.05, 4.69) is 10.0 Å². The molecule has 0 aromatic heterocycles. The molecule has 2 atom stereocenters. The highest BCUT2D eigenvalue weighted by atomic mass is 35.5. The normalized spacial score (nSPS) is 13.5. The average molecular weight is 272 g/mol. The van der Waals surface area contributed by atoms with Crippen molar-refractivity contribution in [1.29, 1.82) is 0 Å². The number of carboxylic acids is 1. The standard InChI is InChI=1S/C10H10ClN3O4/c11-7-3-5(10(17)18)1-2-6(7)9(16)8(15)4-13-14-12/h1-3,8-9,15-16H,4H2,(H,17,18). The number of benzene rings is 1. The van der Waals surface area contributed by atoms with Crippen LogP contribution in [0, 0.1) is 0 Å². The van der Waals surface area contributed by atoms with Gasteiger partial charge in [0, 0.05) is 15.5 Å². The Morgan fingerprint density at radius 3 is 2.67 bits per heavy atom. The Balaban J connectivity index is 2.95. The van der Waals surface area contributed by atoms with Crippen molar-refractivity contribution in [3.05, 3.63) is 44.8 Å². The van der Waals surface area contributed by atoms with Gasteiger partial charge >= 0.3 is 5.97 Å². The van der Waals surface area contributed by atoms with E-state index >= 15 is 0 Å². The first-order chi connectivity index (χ1) is 8.47. The van der Waals surface area contributed by atoms with Crippen molar-refractivity contribution in [3.63, 3.8) is 0 Å². The minimum Gasteiger partial charge on any atom is -0.478 e. The van der Waals surface area contributed by atoms with Gasteiger partial charge in [-0.1, -0.05) is 22.8 Å². The molecule has 0 heterocycles. The maximum atomic E-state index is 10.7. The molecular formula is C10H10ClN3O4. The molecule has 8 heteroatoms. The van der Waals surface area contributed by atoms with Crippen LogP contribution in [0.3, 0.4) is 0 Å². The van der Waals surface area contributed by atoms with Crippen molar-refractivity contribution in [2.75, 3.05) is 6.54 Å². The number of aromatic carboxylic acids is 1. The van der Waals surface area contributed by atoms with E-state index in [0.29, 0.717) is 0 Å². The maximum Gasteiger partial charge on any atom is 0.335 e. The van der Waals surface area contributed by atoms with E-state index in [9.17, 15) is 15.0 Å². The van der Waals surface area contributed by atoms with Gasteiger partial charge in [-0.05, 0) is 17.7 Å². The molecule has 0 spiro atoms. The van der Waals surface area contributed by atoms with E-state index in [0.717, 1.165) is 0 Å². The van der Waals surface area contributed by atoms with E-state index in [1.54, 1.807) is 0 Å². The molecule has 0 amide bonds. The van der Waals surface area contributed by atoms with Crippen LogP contribution in [0.5, 0.6) is 0 Å². The number of aliphatic hydroxyl groups excluding tert-OH is 2. The highest BCUT2D eigenvalue weighted by Crippen LogP contribution is 2.26. The summed E-state index contributed by atoms with van der Waals surface area (Å²) >= 11 is 5.81. The zero-order chi connectivity index (χ0) is 13.7. The molecule has 96 valence electrons. The minimum atomic E-state index is -1.36. The van der Waals surface area contributed by atoms with E-state index in [-0.39, 0.29) is 22.7 Å². The highest BCUT2D eigenvalue weighted by molar-refractivity contribution is 6.31. The summed E-state index contributed by atoms with van der Waals surface area (Å²) in [5.41, 5.74) is 8.24. The molecule has 0 aliphatic heterocycles. The molecule has 0 saturated heterocycles. The first-order valence-corrected chi connectivity index (χ1v) is 5.25. The zero-order valence-corrected chi connectivity index (χ0v) is 9.82. The lowest BCUT2D eigenvalue weighted by Crippen LogP contribution is -2.21. The van der Waals surface area contributed by atoms with Gasteiger partial charge in [-0.25, -0.2) is 4.79 Å². The fourth-order valence-corrected chi connectivity index (χ4v) is 1.62. The van der Waals surface area contributed by atoms with Gasteiger partial charge < -0.3 is 15.3 Å². The van der Waals surface area contributed by atoms with E-state index in [1.165, 1.54) is 18.2 Å². The first kappa shape index (κ1) is 14.3. The third-order valence-corrected chi connectivity index (χ3v) is 2.59. The van der Waals surface area contributed by atoms with Crippen molar-refractivity contribution in [2.45, 2.75) is 12.2 Å². The van der Waals surface area contributed by atoms with E-state index < -0.39 is 18.2 Å². The maximum absolute atomic E-state index is 10.7. The molecule has 1 rings (SSSR count). The molecule has 0 radical (unpaired) electrons. The van der Waals surface area contributed by atoms with Gasteiger partial charge in [-0.15, -0.1) is 0 Å². The fraction of sp³-hybridized carbons (Fsp3) is 0.300. The summed E-state index contributed by atoms with van der Waals surface area (Å²) in [5.74, 6) is -1.15. The van der Waals surface area contributed by atoms with Crippen LogP contribution in [0.4, 0.5) is 0 Å². The van der Waals surface area contributed by atoms with Crippen LogP contribution in [-0.2, 0) is 0 Å². The van der Waals surface area contributed by atoms with Crippen LogP contribution in [0.25, 0.3) is 10.4 Å². The summed E-state index contributed by atoms with van der Waals surface area (Å²) in [4.78, 5) is 13.1. The second-order valence-corrected chi connectivity index (χ2v) is 3.87. The Morgan fingerprint density at radius 2 is 2.17 bits per heavy atom. The molecule has 18 heavy (non-hydrogen) atoms. The monoisotopic (exact) mass is 271 g/mol. The number of aliphatic hydroxyl groups is 2. The molecule has 7 nitrogen and oxygen atoms in total. The summed E-state index contributed by atoms with van der Waals surface area (Å²) < 4.78 is 0. The SMILES string of the molecule is [N-]=[N+]=NCC(O)C(O)c1ccc(C(=O)O)cc1Cl. The van der Waals surface area contributed by atoms with Crippen LogP contribution >= 0.6 is 11.6 Å². The smallest absolute Gasteiger partial charge is 0.335 e. The lowest BCUT2D eigenvalue weighted by Gasteiger charge is -2.17. The molecule has 0 aliphatic rings. The molecule has 0 saturated carbocycles. The van der Waals surface area contributed by atoms with E-state index in [4.69, 9.17) is 22.2 Å². The van der Waals surface area contributed by atoms with Gasteiger partial charge in [0.1, 0.15) is 6.10 Å². The Kier molecular flexibility index (Phi) is 4.94. The molecule has 0 aliphatic carbocycles. The quantitative estimate of drug-likeness (QED) is 0.428. The Bertz CT molecular complexity index is 502. The van der Waals surface area contributed by atoms with Gasteiger partial charge in [-0.2, -0.15) is 0 Å². The molecule has 0 fully saturated rings. The summed E-state index contributed by atoms with van der Waals surface area (Å²) in [6, 6.07) is 3.73. The Hall–Kier alpha value is -1.79. The number of azide groups is 1. The van der Waals surface area contributed by atoms with Crippen molar-refractivity contribution >= 4 is 17.6 Å². The second kappa shape index (κ2) is 6.23. The molecule has 2 unspecified atom stereocenters. The molecular weight excluding hydrogens is 262 g/mol. The van der Waals surface area contributed by atoms with Crippen molar-refractivity contribution in [1.82, 2.24) is 0 Å².